The van der Waals surface area contributed by atoms with Gasteiger partial charge in [-0.05, 0) is 34.1 Å². The van der Waals surface area contributed by atoms with Gasteiger partial charge in [-0.3, -0.25) is 4.79 Å². The number of carbonyl (C=O) groups excluding carboxylic acids is 1. The van der Waals surface area contributed by atoms with E-state index in [4.69, 9.17) is 16.3 Å². The summed E-state index contributed by atoms with van der Waals surface area (Å²) in [5.41, 5.74) is 0.777. The molecule has 2 aromatic carbocycles. The summed E-state index contributed by atoms with van der Waals surface area (Å²) < 4.78 is 20.0. The van der Waals surface area contributed by atoms with Crippen molar-refractivity contribution < 1.29 is 13.9 Å². The van der Waals surface area contributed by atoms with Crippen molar-refractivity contribution in [1.82, 2.24) is 0 Å². The third-order valence-corrected chi connectivity index (χ3v) is 4.58. The Morgan fingerprint density at radius 1 is 1.30 bits per heavy atom. The van der Waals surface area contributed by atoms with E-state index in [0.29, 0.717) is 10.2 Å². The van der Waals surface area contributed by atoms with Crippen LogP contribution in [0.4, 0.5) is 4.39 Å². The van der Waals surface area contributed by atoms with Crippen molar-refractivity contribution in [3.8, 4) is 5.75 Å². The van der Waals surface area contributed by atoms with Crippen LogP contribution in [0.15, 0.2) is 40.9 Å². The van der Waals surface area contributed by atoms with Gasteiger partial charge in [0, 0.05) is 10.0 Å². The molecule has 0 saturated carbocycles. The largest absolute Gasteiger partial charge is 0.492 e. The lowest BCUT2D eigenvalue weighted by atomic mass is 9.92. The topological polar surface area (TPSA) is 26.3 Å². The number of carbonyl (C=O) groups is 1. The Kier molecular flexibility index (Phi) is 3.52. The zero-order chi connectivity index (χ0) is 14.3. The van der Waals surface area contributed by atoms with Gasteiger partial charge in [-0.25, -0.2) is 4.39 Å². The molecule has 20 heavy (non-hydrogen) atoms. The lowest BCUT2D eigenvalue weighted by Crippen LogP contribution is -2.16. The fraction of sp³-hybridized carbons (Fsp3) is 0.133. The monoisotopic (exact) mass is 354 g/mol. The SMILES string of the molecule is O=C(c1ccc(Br)c(Cl)c1F)C1COc2ccccc21. The van der Waals surface area contributed by atoms with Crippen molar-refractivity contribution in [2.45, 2.75) is 5.92 Å². The number of ether oxygens (including phenoxy) is 1. The Balaban J connectivity index is 2.01. The second-order valence-electron chi connectivity index (χ2n) is 4.49. The molecule has 0 N–H and O–H groups in total. The molecule has 0 aliphatic carbocycles. The molecule has 102 valence electrons. The second-order valence-corrected chi connectivity index (χ2v) is 5.72. The first-order valence-electron chi connectivity index (χ1n) is 5.99. The molecule has 0 spiro atoms. The van der Waals surface area contributed by atoms with E-state index >= 15 is 0 Å². The molecular weight excluding hydrogens is 347 g/mol. The number of halogens is 3. The van der Waals surface area contributed by atoms with Crippen molar-refractivity contribution >= 4 is 33.3 Å². The fourth-order valence-corrected chi connectivity index (χ4v) is 2.75. The molecule has 0 bridgehead atoms. The number of Topliss-reactive ketones (excluding diaryl/α,β-unsaturated/α-hetero) is 1. The van der Waals surface area contributed by atoms with Gasteiger partial charge in [-0.1, -0.05) is 29.8 Å². The molecule has 0 radical (unpaired) electrons. The average Bonchev–Trinajstić information content (AvgIpc) is 2.88. The van der Waals surface area contributed by atoms with Crippen LogP contribution in [0, 0.1) is 5.82 Å². The number of hydrogen-bond donors (Lipinski definition) is 0. The van der Waals surface area contributed by atoms with Crippen molar-refractivity contribution in [3.63, 3.8) is 0 Å². The minimum Gasteiger partial charge on any atom is -0.492 e. The summed E-state index contributed by atoms with van der Waals surface area (Å²) in [6.07, 6.45) is 0. The molecule has 0 fully saturated rings. The summed E-state index contributed by atoms with van der Waals surface area (Å²) >= 11 is 8.96. The number of fused-ring (bicyclic) bond motifs is 1. The minimum absolute atomic E-state index is 0.0106. The maximum Gasteiger partial charge on any atom is 0.176 e. The highest BCUT2D eigenvalue weighted by Gasteiger charge is 2.32. The third kappa shape index (κ3) is 2.13. The minimum atomic E-state index is -0.699. The summed E-state index contributed by atoms with van der Waals surface area (Å²) in [6, 6.07) is 10.3. The zero-order valence-corrected chi connectivity index (χ0v) is 12.5. The highest BCUT2D eigenvalue weighted by atomic mass is 79.9. The average molecular weight is 356 g/mol. The maximum absolute atomic E-state index is 14.1. The highest BCUT2D eigenvalue weighted by Crippen LogP contribution is 2.37. The molecule has 2 aromatic rings. The van der Waals surface area contributed by atoms with E-state index in [0.717, 1.165) is 5.56 Å². The van der Waals surface area contributed by atoms with E-state index in [2.05, 4.69) is 15.9 Å². The van der Waals surface area contributed by atoms with E-state index in [-0.39, 0.29) is 23.0 Å². The smallest absolute Gasteiger partial charge is 0.176 e. The predicted octanol–water partition coefficient (Wildman–Crippen LogP) is 4.60. The van der Waals surface area contributed by atoms with Gasteiger partial charge in [0.25, 0.3) is 0 Å². The van der Waals surface area contributed by atoms with Crippen molar-refractivity contribution in [2.75, 3.05) is 6.61 Å². The lowest BCUT2D eigenvalue weighted by Gasteiger charge is -2.10. The van der Waals surface area contributed by atoms with Crippen LogP contribution in [0.1, 0.15) is 21.8 Å². The molecule has 1 aliphatic rings. The first-order valence-corrected chi connectivity index (χ1v) is 7.16. The highest BCUT2D eigenvalue weighted by molar-refractivity contribution is 9.10. The number of para-hydroxylation sites is 1. The van der Waals surface area contributed by atoms with E-state index < -0.39 is 11.7 Å². The fourth-order valence-electron chi connectivity index (χ4n) is 2.28. The van der Waals surface area contributed by atoms with Crippen LogP contribution in [-0.2, 0) is 0 Å². The molecule has 0 aromatic heterocycles. The first-order chi connectivity index (χ1) is 9.59. The van der Waals surface area contributed by atoms with Gasteiger partial charge >= 0.3 is 0 Å². The zero-order valence-electron chi connectivity index (χ0n) is 10.2. The van der Waals surface area contributed by atoms with Crippen LogP contribution in [0.3, 0.4) is 0 Å². The quantitative estimate of drug-likeness (QED) is 0.581. The molecule has 3 rings (SSSR count). The van der Waals surface area contributed by atoms with Gasteiger partial charge in [-0.15, -0.1) is 0 Å². The van der Waals surface area contributed by atoms with E-state index in [1.807, 2.05) is 18.2 Å². The van der Waals surface area contributed by atoms with Gasteiger partial charge in [0.2, 0.25) is 0 Å². The maximum atomic E-state index is 14.1. The molecule has 1 unspecified atom stereocenters. The summed E-state index contributed by atoms with van der Waals surface area (Å²) in [5, 5.41) is -0.0805. The van der Waals surface area contributed by atoms with Crippen LogP contribution >= 0.6 is 27.5 Å². The Morgan fingerprint density at radius 2 is 2.05 bits per heavy atom. The second kappa shape index (κ2) is 5.19. The Bertz CT molecular complexity index is 702. The molecule has 1 aliphatic heterocycles. The molecular formula is C15H9BrClFO2. The molecule has 1 atom stereocenters. The van der Waals surface area contributed by atoms with Crippen LogP contribution < -0.4 is 4.74 Å². The Labute approximate surface area is 128 Å². The van der Waals surface area contributed by atoms with Gasteiger partial charge < -0.3 is 4.74 Å². The Hall–Kier alpha value is -1.39. The van der Waals surface area contributed by atoms with Gasteiger partial charge in [-0.2, -0.15) is 0 Å². The molecule has 2 nitrogen and oxygen atoms in total. The lowest BCUT2D eigenvalue weighted by molar-refractivity contribution is 0.0943. The number of rotatable bonds is 2. The number of benzene rings is 2. The summed E-state index contributed by atoms with van der Waals surface area (Å²) in [5.74, 6) is -0.829. The van der Waals surface area contributed by atoms with Crippen LogP contribution in [0.5, 0.6) is 5.75 Å². The normalized spacial score (nSPS) is 16.6. The van der Waals surface area contributed by atoms with E-state index in [9.17, 15) is 9.18 Å². The molecule has 0 amide bonds. The number of hydrogen-bond acceptors (Lipinski definition) is 2. The van der Waals surface area contributed by atoms with Crippen LogP contribution in [0.2, 0.25) is 5.02 Å². The standard InChI is InChI=1S/C15H9BrClFO2/c16-11-6-5-9(14(18)13(11)17)15(19)10-7-20-12-4-2-1-3-8(10)12/h1-6,10H,7H2. The summed E-state index contributed by atoms with van der Waals surface area (Å²) in [6.45, 7) is 0.227. The number of ketones is 1. The molecule has 0 saturated heterocycles. The van der Waals surface area contributed by atoms with Crippen molar-refractivity contribution in [1.29, 1.82) is 0 Å². The van der Waals surface area contributed by atoms with E-state index in [1.54, 1.807) is 12.1 Å². The van der Waals surface area contributed by atoms with Gasteiger partial charge in [0.1, 0.15) is 12.4 Å². The van der Waals surface area contributed by atoms with Crippen molar-refractivity contribution in [3.05, 3.63) is 62.8 Å². The van der Waals surface area contributed by atoms with E-state index in [1.165, 1.54) is 6.07 Å². The predicted molar refractivity (Wildman–Crippen MR) is 78.1 cm³/mol. The summed E-state index contributed by atoms with van der Waals surface area (Å²) in [7, 11) is 0. The van der Waals surface area contributed by atoms with Crippen LogP contribution in [0.25, 0.3) is 0 Å². The third-order valence-electron chi connectivity index (χ3n) is 3.32. The summed E-state index contributed by atoms with van der Waals surface area (Å²) in [4.78, 5) is 12.5. The molecule has 1 heterocycles. The first kappa shape index (κ1) is 13.6. The van der Waals surface area contributed by atoms with Crippen LogP contribution in [-0.4, -0.2) is 12.4 Å². The van der Waals surface area contributed by atoms with Gasteiger partial charge in [0.05, 0.1) is 16.5 Å². The van der Waals surface area contributed by atoms with Gasteiger partial charge in [0.15, 0.2) is 11.6 Å². The Morgan fingerprint density at radius 3 is 2.85 bits per heavy atom. The molecule has 5 heteroatoms. The van der Waals surface area contributed by atoms with Crippen molar-refractivity contribution in [2.24, 2.45) is 0 Å².